The Bertz CT molecular complexity index is 709. The second kappa shape index (κ2) is 3.90. The second-order valence-corrected chi connectivity index (χ2v) is 4.32. The first-order valence-electron chi connectivity index (χ1n) is 5.30. The van der Waals surface area contributed by atoms with E-state index < -0.39 is 0 Å². The van der Waals surface area contributed by atoms with Crippen molar-refractivity contribution in [2.75, 3.05) is 7.11 Å². The largest absolute Gasteiger partial charge is 0.497 e. The van der Waals surface area contributed by atoms with Gasteiger partial charge in [0.05, 0.1) is 18.1 Å². The quantitative estimate of drug-likeness (QED) is 0.602. The molecule has 3 heteroatoms. The van der Waals surface area contributed by atoms with E-state index in [9.17, 15) is 0 Å². The molecule has 0 aliphatic rings. The molecule has 1 aromatic heterocycles. The molecule has 2 nitrogen and oxygen atoms in total. The molecule has 0 bridgehead atoms. The van der Waals surface area contributed by atoms with Gasteiger partial charge >= 0.3 is 0 Å². The summed E-state index contributed by atoms with van der Waals surface area (Å²) in [6.07, 6.45) is 0. The van der Waals surface area contributed by atoms with Gasteiger partial charge in [-0.2, -0.15) is 0 Å². The molecule has 0 amide bonds. The van der Waals surface area contributed by atoms with E-state index in [0.717, 1.165) is 32.6 Å². The number of nitrogens with zero attached hydrogens (tertiary/aromatic N) is 1. The molecule has 0 fully saturated rings. The molecule has 0 spiro atoms. The Morgan fingerprint density at radius 1 is 0.941 bits per heavy atom. The summed E-state index contributed by atoms with van der Waals surface area (Å²) in [5.74, 6) is 0.818. The van der Waals surface area contributed by atoms with Crippen LogP contribution >= 0.6 is 11.6 Å². The molecule has 0 N–H and O–H groups in total. The molecule has 0 saturated carbocycles. The number of benzene rings is 2. The van der Waals surface area contributed by atoms with Crippen LogP contribution in [-0.4, -0.2) is 12.1 Å². The van der Waals surface area contributed by atoms with Crippen molar-refractivity contribution in [1.82, 2.24) is 4.98 Å². The van der Waals surface area contributed by atoms with Gasteiger partial charge < -0.3 is 4.74 Å². The summed E-state index contributed by atoms with van der Waals surface area (Å²) in [6.45, 7) is 0. The first-order valence-corrected chi connectivity index (χ1v) is 5.68. The molecule has 0 aliphatic carbocycles. The van der Waals surface area contributed by atoms with Crippen LogP contribution in [0, 0.1) is 0 Å². The van der Waals surface area contributed by atoms with Crippen molar-refractivity contribution in [2.45, 2.75) is 0 Å². The monoisotopic (exact) mass is 243 g/mol. The molecule has 3 aromatic rings. The van der Waals surface area contributed by atoms with E-state index in [4.69, 9.17) is 16.3 Å². The van der Waals surface area contributed by atoms with Crippen molar-refractivity contribution < 1.29 is 4.74 Å². The zero-order valence-electron chi connectivity index (χ0n) is 9.27. The van der Waals surface area contributed by atoms with Crippen molar-refractivity contribution in [1.29, 1.82) is 0 Å². The van der Waals surface area contributed by atoms with Crippen LogP contribution in [0.5, 0.6) is 5.75 Å². The predicted octanol–water partition coefficient (Wildman–Crippen LogP) is 4.05. The highest BCUT2D eigenvalue weighted by Crippen LogP contribution is 2.25. The van der Waals surface area contributed by atoms with Crippen molar-refractivity contribution in [3.05, 3.63) is 47.5 Å². The first kappa shape index (κ1) is 10.4. The maximum absolute atomic E-state index is 5.97. The highest BCUT2D eigenvalue weighted by molar-refractivity contribution is 6.31. The molecule has 0 saturated heterocycles. The van der Waals surface area contributed by atoms with Gasteiger partial charge in [-0.3, -0.25) is 0 Å². The highest BCUT2D eigenvalue weighted by atomic mass is 35.5. The molecule has 17 heavy (non-hydrogen) atoms. The summed E-state index contributed by atoms with van der Waals surface area (Å²) in [7, 11) is 1.65. The summed E-state index contributed by atoms with van der Waals surface area (Å²) in [5.41, 5.74) is 1.87. The second-order valence-electron chi connectivity index (χ2n) is 3.88. The lowest BCUT2D eigenvalue weighted by Crippen LogP contribution is -1.85. The normalized spacial score (nSPS) is 10.9. The van der Waals surface area contributed by atoms with Crippen LogP contribution in [0.15, 0.2) is 42.5 Å². The van der Waals surface area contributed by atoms with Gasteiger partial charge in [-0.1, -0.05) is 11.6 Å². The van der Waals surface area contributed by atoms with Crippen LogP contribution in [0.4, 0.5) is 0 Å². The summed E-state index contributed by atoms with van der Waals surface area (Å²) >= 11 is 5.97. The lowest BCUT2D eigenvalue weighted by Gasteiger charge is -2.04. The van der Waals surface area contributed by atoms with Gasteiger partial charge in [0, 0.05) is 21.9 Å². The smallest absolute Gasteiger partial charge is 0.121 e. The van der Waals surface area contributed by atoms with Crippen LogP contribution in [0.25, 0.3) is 21.8 Å². The van der Waals surface area contributed by atoms with Gasteiger partial charge in [0.2, 0.25) is 0 Å². The minimum atomic E-state index is 0.729. The van der Waals surface area contributed by atoms with E-state index in [2.05, 4.69) is 11.1 Å². The molecule has 3 rings (SSSR count). The summed E-state index contributed by atoms with van der Waals surface area (Å²) in [6, 6.07) is 13.7. The minimum Gasteiger partial charge on any atom is -0.497 e. The number of rotatable bonds is 1. The third kappa shape index (κ3) is 1.81. The van der Waals surface area contributed by atoms with E-state index in [-0.39, 0.29) is 0 Å². The number of aromatic nitrogens is 1. The average Bonchev–Trinajstić information content (AvgIpc) is 2.35. The number of hydrogen-bond acceptors (Lipinski definition) is 2. The fourth-order valence-electron chi connectivity index (χ4n) is 1.91. The van der Waals surface area contributed by atoms with Crippen LogP contribution < -0.4 is 4.74 Å². The van der Waals surface area contributed by atoms with Crippen LogP contribution in [0.1, 0.15) is 0 Å². The fourth-order valence-corrected chi connectivity index (χ4v) is 2.09. The Labute approximate surface area is 104 Å². The maximum Gasteiger partial charge on any atom is 0.121 e. The van der Waals surface area contributed by atoms with Crippen molar-refractivity contribution in [3.8, 4) is 5.75 Å². The lowest BCUT2D eigenvalue weighted by atomic mass is 10.1. The number of fused-ring (bicyclic) bond motifs is 2. The third-order valence-electron chi connectivity index (χ3n) is 2.78. The van der Waals surface area contributed by atoms with Gasteiger partial charge in [0.15, 0.2) is 0 Å². The maximum atomic E-state index is 5.97. The average molecular weight is 244 g/mol. The molecular formula is C14H10ClNO. The predicted molar refractivity (Wildman–Crippen MR) is 70.8 cm³/mol. The number of ether oxygens (including phenoxy) is 1. The van der Waals surface area contributed by atoms with Crippen LogP contribution in [-0.2, 0) is 0 Å². The van der Waals surface area contributed by atoms with Crippen LogP contribution in [0.2, 0.25) is 5.02 Å². The van der Waals surface area contributed by atoms with Crippen LogP contribution in [0.3, 0.4) is 0 Å². The molecule has 0 unspecified atom stereocenters. The van der Waals surface area contributed by atoms with Crippen molar-refractivity contribution in [2.24, 2.45) is 0 Å². The van der Waals surface area contributed by atoms with Crippen molar-refractivity contribution >= 4 is 33.4 Å². The zero-order valence-corrected chi connectivity index (χ0v) is 10.0. The molecule has 0 radical (unpaired) electrons. The Balaban J connectivity index is 2.35. The summed E-state index contributed by atoms with van der Waals surface area (Å²) in [5, 5.41) is 2.86. The molecular weight excluding hydrogens is 234 g/mol. The molecule has 0 aliphatic heterocycles. The standard InChI is InChI=1S/C14H10ClNO/c1-17-12-4-2-9-6-10-7-11(15)3-5-13(10)16-14(9)8-12/h2-8H,1H3. The highest BCUT2D eigenvalue weighted by Gasteiger charge is 2.02. The van der Waals surface area contributed by atoms with E-state index in [1.165, 1.54) is 0 Å². The first-order chi connectivity index (χ1) is 8.26. The lowest BCUT2D eigenvalue weighted by molar-refractivity contribution is 0.415. The van der Waals surface area contributed by atoms with E-state index in [1.54, 1.807) is 7.11 Å². The summed E-state index contributed by atoms with van der Waals surface area (Å²) < 4.78 is 5.19. The number of pyridine rings is 1. The number of methoxy groups -OCH3 is 1. The molecule has 84 valence electrons. The Kier molecular flexibility index (Phi) is 2.37. The number of hydrogen-bond donors (Lipinski definition) is 0. The van der Waals surface area contributed by atoms with Gasteiger partial charge in [0.25, 0.3) is 0 Å². The minimum absolute atomic E-state index is 0.729. The van der Waals surface area contributed by atoms with Crippen molar-refractivity contribution in [3.63, 3.8) is 0 Å². The van der Waals surface area contributed by atoms with Gasteiger partial charge in [-0.05, 0) is 36.4 Å². The summed E-state index contributed by atoms with van der Waals surface area (Å²) in [4.78, 5) is 4.59. The molecule has 2 aromatic carbocycles. The Hall–Kier alpha value is -1.80. The molecule has 1 heterocycles. The SMILES string of the molecule is COc1ccc2cc3cc(Cl)ccc3nc2c1. The third-order valence-corrected chi connectivity index (χ3v) is 3.01. The van der Waals surface area contributed by atoms with Gasteiger partial charge in [-0.25, -0.2) is 4.98 Å². The van der Waals surface area contributed by atoms with E-state index >= 15 is 0 Å². The Morgan fingerprint density at radius 3 is 2.65 bits per heavy atom. The van der Waals surface area contributed by atoms with E-state index in [1.807, 2.05) is 36.4 Å². The fraction of sp³-hybridized carbons (Fsp3) is 0.0714. The van der Waals surface area contributed by atoms with Gasteiger partial charge in [0.1, 0.15) is 5.75 Å². The Morgan fingerprint density at radius 2 is 1.82 bits per heavy atom. The zero-order chi connectivity index (χ0) is 11.8. The number of halogens is 1. The molecule has 0 atom stereocenters. The topological polar surface area (TPSA) is 22.1 Å². The van der Waals surface area contributed by atoms with E-state index in [0.29, 0.717) is 0 Å². The van der Waals surface area contributed by atoms with Gasteiger partial charge in [-0.15, -0.1) is 0 Å².